The van der Waals surface area contributed by atoms with Crippen LogP contribution in [0.4, 0.5) is 10.2 Å². The van der Waals surface area contributed by atoms with Crippen molar-refractivity contribution in [3.05, 3.63) is 94.8 Å². The van der Waals surface area contributed by atoms with Crippen LogP contribution < -0.4 is 14.8 Å². The van der Waals surface area contributed by atoms with Crippen molar-refractivity contribution >= 4 is 23.3 Å². The van der Waals surface area contributed by atoms with Gasteiger partial charge >= 0.3 is 0 Å². The monoisotopic (exact) mass is 455 g/mol. The number of carbonyl (C=O) groups excluding carboxylic acids is 1. The molecule has 2 aromatic carbocycles. The zero-order chi connectivity index (χ0) is 22.5. The molecule has 164 valence electrons. The van der Waals surface area contributed by atoms with E-state index in [9.17, 15) is 9.18 Å². The number of ether oxygens (including phenoxy) is 2. The minimum Gasteiger partial charge on any atom is -0.497 e. The molecular formula is C23H19ClFN3O4. The minimum absolute atomic E-state index is 0.0777. The minimum atomic E-state index is -0.518. The number of anilines is 1. The Morgan fingerprint density at radius 2 is 1.97 bits per heavy atom. The quantitative estimate of drug-likeness (QED) is 0.397. The van der Waals surface area contributed by atoms with Gasteiger partial charge < -0.3 is 19.2 Å². The van der Waals surface area contributed by atoms with E-state index in [1.807, 2.05) is 12.1 Å². The Morgan fingerprint density at radius 1 is 1.16 bits per heavy atom. The third-order valence-electron chi connectivity index (χ3n) is 4.55. The zero-order valence-electron chi connectivity index (χ0n) is 17.0. The van der Waals surface area contributed by atoms with Crippen molar-refractivity contribution in [3.8, 4) is 11.5 Å². The normalized spacial score (nSPS) is 10.7. The Kier molecular flexibility index (Phi) is 6.42. The Balaban J connectivity index is 1.37. The van der Waals surface area contributed by atoms with Gasteiger partial charge in [0.05, 0.1) is 13.7 Å². The summed E-state index contributed by atoms with van der Waals surface area (Å²) in [5.41, 5.74) is 0.455. The first kappa shape index (κ1) is 21.5. The van der Waals surface area contributed by atoms with Crippen LogP contribution in [0.2, 0.25) is 5.02 Å². The first-order valence-electron chi connectivity index (χ1n) is 9.65. The maximum absolute atomic E-state index is 13.9. The fourth-order valence-corrected chi connectivity index (χ4v) is 3.15. The molecule has 32 heavy (non-hydrogen) atoms. The van der Waals surface area contributed by atoms with E-state index in [1.54, 1.807) is 43.5 Å². The Labute approximate surface area is 188 Å². The second kappa shape index (κ2) is 9.57. The highest BCUT2D eigenvalue weighted by Gasteiger charge is 2.16. The molecule has 0 saturated heterocycles. The molecule has 0 aliphatic rings. The number of nitrogens with zero attached hydrogens (tertiary/aromatic N) is 2. The molecular weight excluding hydrogens is 437 g/mol. The highest BCUT2D eigenvalue weighted by atomic mass is 35.5. The number of benzene rings is 2. The highest BCUT2D eigenvalue weighted by Crippen LogP contribution is 2.23. The SMILES string of the molecule is COc1cccc(OCc2ccc(C(=O)Nc3nn(Cc4ccccc4F)cc3Cl)o2)c1. The molecule has 0 spiro atoms. The van der Waals surface area contributed by atoms with Crippen LogP contribution >= 0.6 is 11.6 Å². The average Bonchev–Trinajstić information content (AvgIpc) is 3.41. The summed E-state index contributed by atoms with van der Waals surface area (Å²) in [4.78, 5) is 12.5. The van der Waals surface area contributed by atoms with Gasteiger partial charge in [-0.3, -0.25) is 9.48 Å². The molecule has 0 aliphatic carbocycles. The third-order valence-corrected chi connectivity index (χ3v) is 4.82. The molecule has 2 aromatic heterocycles. The number of furan rings is 1. The smallest absolute Gasteiger partial charge is 0.292 e. The largest absolute Gasteiger partial charge is 0.497 e. The number of hydrogen-bond acceptors (Lipinski definition) is 5. The molecule has 0 unspecified atom stereocenters. The number of hydrogen-bond donors (Lipinski definition) is 1. The van der Waals surface area contributed by atoms with Gasteiger partial charge in [-0.2, -0.15) is 5.10 Å². The summed E-state index contributed by atoms with van der Waals surface area (Å²) >= 11 is 6.18. The molecule has 9 heteroatoms. The average molecular weight is 456 g/mol. The van der Waals surface area contributed by atoms with E-state index in [2.05, 4.69) is 10.4 Å². The van der Waals surface area contributed by atoms with Crippen molar-refractivity contribution in [3.63, 3.8) is 0 Å². The van der Waals surface area contributed by atoms with Crippen molar-refractivity contribution in [1.82, 2.24) is 9.78 Å². The molecule has 1 amide bonds. The van der Waals surface area contributed by atoms with Gasteiger partial charge in [-0.25, -0.2) is 4.39 Å². The summed E-state index contributed by atoms with van der Waals surface area (Å²) in [5, 5.41) is 7.05. The summed E-state index contributed by atoms with van der Waals surface area (Å²) in [6.45, 7) is 0.313. The summed E-state index contributed by atoms with van der Waals surface area (Å²) in [6.07, 6.45) is 1.51. The summed E-state index contributed by atoms with van der Waals surface area (Å²) in [6, 6.07) is 16.7. The van der Waals surface area contributed by atoms with Crippen LogP contribution in [0.3, 0.4) is 0 Å². The number of halogens is 2. The topological polar surface area (TPSA) is 78.5 Å². The van der Waals surface area contributed by atoms with Crippen molar-refractivity contribution in [2.75, 3.05) is 12.4 Å². The Bertz CT molecular complexity index is 1240. The second-order valence-corrected chi connectivity index (χ2v) is 7.21. The maximum Gasteiger partial charge on any atom is 0.292 e. The molecule has 4 rings (SSSR count). The number of methoxy groups -OCH3 is 1. The fraction of sp³-hybridized carbons (Fsp3) is 0.130. The summed E-state index contributed by atoms with van der Waals surface area (Å²) in [5.74, 6) is 1.12. The van der Waals surface area contributed by atoms with Crippen LogP contribution in [0.1, 0.15) is 21.9 Å². The summed E-state index contributed by atoms with van der Waals surface area (Å²) in [7, 11) is 1.58. The predicted octanol–water partition coefficient (Wildman–Crippen LogP) is 5.16. The molecule has 0 radical (unpaired) electrons. The van der Waals surface area contributed by atoms with E-state index in [0.717, 1.165) is 0 Å². The number of nitrogens with one attached hydrogen (secondary N) is 1. The lowest BCUT2D eigenvalue weighted by Crippen LogP contribution is -2.12. The van der Waals surface area contributed by atoms with Gasteiger partial charge in [0, 0.05) is 17.8 Å². The van der Waals surface area contributed by atoms with E-state index in [1.165, 1.54) is 23.0 Å². The predicted molar refractivity (Wildman–Crippen MR) is 117 cm³/mol. The van der Waals surface area contributed by atoms with Crippen molar-refractivity contribution in [1.29, 1.82) is 0 Å². The second-order valence-electron chi connectivity index (χ2n) is 6.80. The van der Waals surface area contributed by atoms with Crippen LogP contribution in [0.5, 0.6) is 11.5 Å². The van der Waals surface area contributed by atoms with Crippen molar-refractivity contribution in [2.24, 2.45) is 0 Å². The lowest BCUT2D eigenvalue weighted by Gasteiger charge is -2.06. The molecule has 0 atom stereocenters. The van der Waals surface area contributed by atoms with Gasteiger partial charge in [-0.1, -0.05) is 35.9 Å². The van der Waals surface area contributed by atoms with Crippen LogP contribution in [0, 0.1) is 5.82 Å². The molecule has 2 heterocycles. The van der Waals surface area contributed by atoms with Crippen LogP contribution in [0.15, 0.2) is 71.3 Å². The fourth-order valence-electron chi connectivity index (χ4n) is 2.96. The van der Waals surface area contributed by atoms with Crippen LogP contribution in [-0.2, 0) is 13.2 Å². The van der Waals surface area contributed by atoms with E-state index in [0.29, 0.717) is 22.8 Å². The third kappa shape index (κ3) is 5.09. The van der Waals surface area contributed by atoms with E-state index in [-0.39, 0.29) is 35.6 Å². The van der Waals surface area contributed by atoms with Gasteiger partial charge in [0.25, 0.3) is 5.91 Å². The van der Waals surface area contributed by atoms with Crippen LogP contribution in [-0.4, -0.2) is 22.8 Å². The molecule has 0 bridgehead atoms. The number of rotatable bonds is 8. The first-order valence-corrected chi connectivity index (χ1v) is 10.0. The van der Waals surface area contributed by atoms with Gasteiger partial charge in [0.15, 0.2) is 11.6 Å². The number of carbonyl (C=O) groups is 1. The zero-order valence-corrected chi connectivity index (χ0v) is 17.8. The lowest BCUT2D eigenvalue weighted by atomic mass is 10.2. The molecule has 0 fully saturated rings. The first-order chi connectivity index (χ1) is 15.5. The standard InChI is InChI=1S/C23H19ClFN3O4/c1-30-16-6-4-7-17(11-16)31-14-18-9-10-21(32-18)23(29)26-22-19(24)13-28(27-22)12-15-5-2-3-8-20(15)25/h2-11,13H,12,14H2,1H3,(H,26,27,29). The van der Waals surface area contributed by atoms with Crippen molar-refractivity contribution in [2.45, 2.75) is 13.2 Å². The molecule has 4 aromatic rings. The van der Waals surface area contributed by atoms with Crippen LogP contribution in [0.25, 0.3) is 0 Å². The maximum atomic E-state index is 13.9. The van der Waals surface area contributed by atoms with Gasteiger partial charge in [-0.15, -0.1) is 0 Å². The number of aromatic nitrogens is 2. The summed E-state index contributed by atoms with van der Waals surface area (Å²) < 4.78 is 31.7. The molecule has 0 saturated carbocycles. The molecule has 7 nitrogen and oxygen atoms in total. The Morgan fingerprint density at radius 3 is 2.78 bits per heavy atom. The van der Waals surface area contributed by atoms with E-state index < -0.39 is 5.91 Å². The molecule has 0 aliphatic heterocycles. The van der Waals surface area contributed by atoms with E-state index in [4.69, 9.17) is 25.5 Å². The lowest BCUT2D eigenvalue weighted by molar-refractivity contribution is 0.0992. The van der Waals surface area contributed by atoms with E-state index >= 15 is 0 Å². The Hall–Kier alpha value is -3.78. The van der Waals surface area contributed by atoms with Gasteiger partial charge in [0.2, 0.25) is 0 Å². The van der Waals surface area contributed by atoms with Gasteiger partial charge in [0.1, 0.15) is 34.7 Å². The van der Waals surface area contributed by atoms with Gasteiger partial charge in [-0.05, 0) is 30.3 Å². The highest BCUT2D eigenvalue weighted by molar-refractivity contribution is 6.33. The molecule has 1 N–H and O–H groups in total. The number of amides is 1. The van der Waals surface area contributed by atoms with Crippen molar-refractivity contribution < 1.29 is 23.1 Å².